The zero-order valence-electron chi connectivity index (χ0n) is 10.5. The van der Waals surface area contributed by atoms with E-state index in [4.69, 9.17) is 11.6 Å². The van der Waals surface area contributed by atoms with Gasteiger partial charge < -0.3 is 15.7 Å². The van der Waals surface area contributed by atoms with Gasteiger partial charge in [0.25, 0.3) is 0 Å². The summed E-state index contributed by atoms with van der Waals surface area (Å²) in [5, 5.41) is 14.7. The van der Waals surface area contributed by atoms with E-state index in [2.05, 4.69) is 17.2 Å². The lowest BCUT2D eigenvalue weighted by atomic mass is 9.76. The molecule has 0 aliphatic heterocycles. The first-order chi connectivity index (χ1) is 8.35. The summed E-state index contributed by atoms with van der Waals surface area (Å²) in [4.78, 5) is 23.1. The fraction of sp³-hybridized carbons (Fsp3) is 0.667. The second-order valence-electron chi connectivity index (χ2n) is 4.91. The van der Waals surface area contributed by atoms with E-state index in [1.165, 1.54) is 0 Å². The number of hydrogen-bond acceptors (Lipinski definition) is 2. The van der Waals surface area contributed by atoms with E-state index in [1.807, 2.05) is 6.92 Å². The van der Waals surface area contributed by atoms with E-state index < -0.39 is 17.5 Å². The third-order valence-electron chi connectivity index (χ3n) is 3.20. The van der Waals surface area contributed by atoms with Crippen LogP contribution in [0.15, 0.2) is 11.6 Å². The minimum Gasteiger partial charge on any atom is -0.480 e. The third-order valence-corrected chi connectivity index (χ3v) is 3.33. The summed E-state index contributed by atoms with van der Waals surface area (Å²) in [7, 11) is 0. The molecule has 0 aromatic rings. The van der Waals surface area contributed by atoms with E-state index >= 15 is 0 Å². The van der Waals surface area contributed by atoms with Gasteiger partial charge in [0, 0.05) is 5.03 Å². The highest BCUT2D eigenvalue weighted by Gasteiger charge is 2.43. The van der Waals surface area contributed by atoms with Crippen molar-refractivity contribution in [3.05, 3.63) is 11.6 Å². The van der Waals surface area contributed by atoms with E-state index in [9.17, 15) is 14.7 Å². The van der Waals surface area contributed by atoms with Crippen LogP contribution in [0, 0.1) is 5.92 Å². The number of carboxylic acid groups (broad SMARTS) is 1. The largest absolute Gasteiger partial charge is 0.480 e. The van der Waals surface area contributed by atoms with E-state index in [1.54, 1.807) is 0 Å². The fourth-order valence-corrected chi connectivity index (χ4v) is 2.42. The second kappa shape index (κ2) is 6.09. The number of hydrogen-bond donors (Lipinski definition) is 3. The van der Waals surface area contributed by atoms with Gasteiger partial charge in [0.05, 0.1) is 6.54 Å². The Morgan fingerprint density at radius 1 is 1.56 bits per heavy atom. The Bertz CT molecular complexity index is 359. The van der Waals surface area contributed by atoms with Gasteiger partial charge in [0.15, 0.2) is 0 Å². The molecule has 1 fully saturated rings. The molecule has 1 aliphatic carbocycles. The van der Waals surface area contributed by atoms with Gasteiger partial charge in [0.2, 0.25) is 0 Å². The number of carboxylic acids is 1. The summed E-state index contributed by atoms with van der Waals surface area (Å²) in [6, 6.07) is -0.520. The van der Waals surface area contributed by atoms with Crippen LogP contribution in [0.4, 0.5) is 4.79 Å². The maximum Gasteiger partial charge on any atom is 0.329 e. The molecular formula is C12H19ClN2O3. The Labute approximate surface area is 112 Å². The van der Waals surface area contributed by atoms with Crippen LogP contribution >= 0.6 is 11.6 Å². The predicted molar refractivity (Wildman–Crippen MR) is 69.5 cm³/mol. The molecule has 102 valence electrons. The molecule has 2 amide bonds. The minimum atomic E-state index is -1.16. The number of rotatable bonds is 4. The van der Waals surface area contributed by atoms with Crippen LogP contribution in [0.1, 0.15) is 32.6 Å². The SMILES string of the molecule is C=C(Cl)CNC(=O)NC1(C(=O)O)CCCC(C)C1. The summed E-state index contributed by atoms with van der Waals surface area (Å²) in [5.74, 6) is -0.688. The number of nitrogens with one attached hydrogen (secondary N) is 2. The number of carbonyl (C=O) groups is 2. The van der Waals surface area contributed by atoms with Gasteiger partial charge in [-0.2, -0.15) is 0 Å². The summed E-state index contributed by atoms with van der Waals surface area (Å²) in [6.45, 7) is 5.57. The molecule has 6 heteroatoms. The molecule has 0 aromatic heterocycles. The summed E-state index contributed by atoms with van der Waals surface area (Å²) in [5.41, 5.74) is -1.16. The molecule has 3 N–H and O–H groups in total. The number of carbonyl (C=O) groups excluding carboxylic acids is 1. The molecular weight excluding hydrogens is 256 g/mol. The lowest BCUT2D eigenvalue weighted by Crippen LogP contribution is -2.59. The summed E-state index contributed by atoms with van der Waals surface area (Å²) >= 11 is 5.53. The Kier molecular flexibility index (Phi) is 5.02. The van der Waals surface area contributed by atoms with Crippen molar-refractivity contribution in [3.8, 4) is 0 Å². The van der Waals surface area contributed by atoms with E-state index in [0.717, 1.165) is 12.8 Å². The molecule has 0 saturated heterocycles. The van der Waals surface area contributed by atoms with Gasteiger partial charge in [0.1, 0.15) is 5.54 Å². The maximum absolute atomic E-state index is 11.6. The smallest absolute Gasteiger partial charge is 0.329 e. The van der Waals surface area contributed by atoms with Crippen molar-refractivity contribution in [2.45, 2.75) is 38.1 Å². The molecule has 1 rings (SSSR count). The first kappa shape index (κ1) is 14.8. The van der Waals surface area contributed by atoms with E-state index in [-0.39, 0.29) is 12.5 Å². The quantitative estimate of drug-likeness (QED) is 0.734. The molecule has 1 aliphatic rings. The van der Waals surface area contributed by atoms with Crippen molar-refractivity contribution in [3.63, 3.8) is 0 Å². The number of urea groups is 1. The van der Waals surface area contributed by atoms with Crippen LogP contribution < -0.4 is 10.6 Å². The van der Waals surface area contributed by atoms with Gasteiger partial charge >= 0.3 is 12.0 Å². The normalized spacial score (nSPS) is 27.3. The molecule has 0 spiro atoms. The lowest BCUT2D eigenvalue weighted by Gasteiger charge is -2.36. The molecule has 0 bridgehead atoms. The van der Waals surface area contributed by atoms with Crippen LogP contribution in [-0.4, -0.2) is 29.2 Å². The third kappa shape index (κ3) is 3.91. The Morgan fingerprint density at radius 3 is 2.72 bits per heavy atom. The Hall–Kier alpha value is -1.23. The fourth-order valence-electron chi connectivity index (χ4n) is 2.35. The van der Waals surface area contributed by atoms with Gasteiger partial charge in [-0.3, -0.25) is 0 Å². The van der Waals surface area contributed by atoms with Crippen molar-refractivity contribution >= 4 is 23.6 Å². The molecule has 1 saturated carbocycles. The van der Waals surface area contributed by atoms with Crippen LogP contribution in [0.25, 0.3) is 0 Å². The molecule has 2 atom stereocenters. The molecule has 0 radical (unpaired) electrons. The van der Waals surface area contributed by atoms with Crippen molar-refractivity contribution < 1.29 is 14.7 Å². The lowest BCUT2D eigenvalue weighted by molar-refractivity contribution is -0.146. The molecule has 18 heavy (non-hydrogen) atoms. The molecule has 0 aromatic carbocycles. The van der Waals surface area contributed by atoms with Crippen LogP contribution in [0.3, 0.4) is 0 Å². The monoisotopic (exact) mass is 274 g/mol. The topological polar surface area (TPSA) is 78.4 Å². The Balaban J connectivity index is 2.65. The molecule has 2 unspecified atom stereocenters. The van der Waals surface area contributed by atoms with Crippen LogP contribution in [0.5, 0.6) is 0 Å². The van der Waals surface area contributed by atoms with Gasteiger partial charge in [-0.25, -0.2) is 9.59 Å². The average Bonchev–Trinajstić information content (AvgIpc) is 2.26. The highest BCUT2D eigenvalue weighted by Crippen LogP contribution is 2.32. The average molecular weight is 275 g/mol. The van der Waals surface area contributed by atoms with Crippen molar-refractivity contribution in [2.24, 2.45) is 5.92 Å². The maximum atomic E-state index is 11.6. The van der Waals surface area contributed by atoms with Crippen LogP contribution in [-0.2, 0) is 4.79 Å². The Morgan fingerprint density at radius 2 is 2.22 bits per heavy atom. The van der Waals surface area contributed by atoms with Crippen molar-refractivity contribution in [1.82, 2.24) is 10.6 Å². The highest BCUT2D eigenvalue weighted by atomic mass is 35.5. The number of aliphatic carboxylic acids is 1. The molecule has 0 heterocycles. The van der Waals surface area contributed by atoms with Crippen molar-refractivity contribution in [2.75, 3.05) is 6.54 Å². The van der Waals surface area contributed by atoms with E-state index in [0.29, 0.717) is 17.9 Å². The molecule has 5 nitrogen and oxygen atoms in total. The second-order valence-corrected chi connectivity index (χ2v) is 5.45. The number of halogens is 1. The standard InChI is InChI=1S/C12H19ClN2O3/c1-8-4-3-5-12(6-8,10(16)17)15-11(18)14-7-9(2)13/h8H,2-7H2,1H3,(H,16,17)(H2,14,15,18). The highest BCUT2D eigenvalue weighted by molar-refractivity contribution is 6.29. The summed E-state index contributed by atoms with van der Waals surface area (Å²) < 4.78 is 0. The summed E-state index contributed by atoms with van der Waals surface area (Å²) in [6.07, 6.45) is 2.71. The zero-order chi connectivity index (χ0) is 13.8. The number of amides is 2. The zero-order valence-corrected chi connectivity index (χ0v) is 11.2. The van der Waals surface area contributed by atoms with Gasteiger partial charge in [-0.1, -0.05) is 37.9 Å². The van der Waals surface area contributed by atoms with Gasteiger partial charge in [-0.05, 0) is 18.8 Å². The minimum absolute atomic E-state index is 0.124. The van der Waals surface area contributed by atoms with Crippen LogP contribution in [0.2, 0.25) is 0 Å². The first-order valence-corrected chi connectivity index (χ1v) is 6.36. The first-order valence-electron chi connectivity index (χ1n) is 5.98. The predicted octanol–water partition coefficient (Wildman–Crippen LogP) is 2.07. The van der Waals surface area contributed by atoms with Crippen molar-refractivity contribution in [1.29, 1.82) is 0 Å². The van der Waals surface area contributed by atoms with Gasteiger partial charge in [-0.15, -0.1) is 0 Å².